The summed E-state index contributed by atoms with van der Waals surface area (Å²) in [5.41, 5.74) is 0.950. The van der Waals surface area contributed by atoms with E-state index in [1.54, 1.807) is 11.3 Å². The highest BCUT2D eigenvalue weighted by Crippen LogP contribution is 2.31. The van der Waals surface area contributed by atoms with Gasteiger partial charge in [0.15, 0.2) is 0 Å². The average molecular weight is 260 g/mol. The first-order valence-electron chi connectivity index (χ1n) is 6.28. The Morgan fingerprint density at radius 1 is 1.39 bits per heavy atom. The summed E-state index contributed by atoms with van der Waals surface area (Å²) in [6.45, 7) is 1.84. The van der Waals surface area contributed by atoms with Crippen molar-refractivity contribution < 1.29 is 4.74 Å². The van der Waals surface area contributed by atoms with Gasteiger partial charge in [0.25, 0.3) is 0 Å². The Morgan fingerprint density at radius 3 is 3.17 bits per heavy atom. The smallest absolute Gasteiger partial charge is 0.146 e. The molecule has 94 valence electrons. The quantitative estimate of drug-likeness (QED) is 0.917. The summed E-state index contributed by atoms with van der Waals surface area (Å²) >= 11 is 1.69. The number of ether oxygens (including phenoxy) is 1. The number of hydrogen-bond donors (Lipinski definition) is 1. The summed E-state index contributed by atoms with van der Waals surface area (Å²) in [5, 5.41) is 5.50. The van der Waals surface area contributed by atoms with E-state index < -0.39 is 0 Å². The third-order valence-electron chi connectivity index (χ3n) is 3.13. The van der Waals surface area contributed by atoms with E-state index in [0.717, 1.165) is 29.5 Å². The molecule has 0 radical (unpaired) electrons. The molecule has 2 aromatic heterocycles. The van der Waals surface area contributed by atoms with Crippen molar-refractivity contribution >= 4 is 11.3 Å². The van der Waals surface area contributed by atoms with E-state index in [2.05, 4.69) is 21.7 Å². The van der Waals surface area contributed by atoms with Crippen LogP contribution in [-0.2, 0) is 0 Å². The molecule has 0 amide bonds. The molecule has 0 unspecified atom stereocenters. The van der Waals surface area contributed by atoms with Gasteiger partial charge in [-0.1, -0.05) is 6.07 Å². The summed E-state index contributed by atoms with van der Waals surface area (Å²) in [7, 11) is 0. The topological polar surface area (TPSA) is 34.1 Å². The van der Waals surface area contributed by atoms with Gasteiger partial charge in [0.05, 0.1) is 4.88 Å². The van der Waals surface area contributed by atoms with Crippen molar-refractivity contribution in [3.05, 3.63) is 35.8 Å². The van der Waals surface area contributed by atoms with E-state index in [9.17, 15) is 0 Å². The van der Waals surface area contributed by atoms with Crippen molar-refractivity contribution in [3.8, 4) is 16.3 Å². The zero-order valence-electron chi connectivity index (χ0n) is 10.1. The molecule has 3 rings (SSSR count). The summed E-state index contributed by atoms with van der Waals surface area (Å²) in [6.07, 6.45) is 4.27. The van der Waals surface area contributed by atoms with Gasteiger partial charge in [-0.2, -0.15) is 0 Å². The molecule has 1 aliphatic heterocycles. The van der Waals surface area contributed by atoms with Gasteiger partial charge in [-0.25, -0.2) is 0 Å². The molecule has 1 fully saturated rings. The molecule has 1 N–H and O–H groups in total. The largest absolute Gasteiger partial charge is 0.490 e. The van der Waals surface area contributed by atoms with Gasteiger partial charge in [-0.15, -0.1) is 11.3 Å². The van der Waals surface area contributed by atoms with Crippen LogP contribution in [0, 0.1) is 0 Å². The number of nitrogens with zero attached hydrogens (tertiary/aromatic N) is 1. The maximum Gasteiger partial charge on any atom is 0.146 e. The number of pyridine rings is 1. The van der Waals surface area contributed by atoms with Crippen LogP contribution in [0.25, 0.3) is 10.6 Å². The number of hydrogen-bond acceptors (Lipinski definition) is 4. The van der Waals surface area contributed by atoms with Crippen molar-refractivity contribution in [1.29, 1.82) is 0 Å². The Balaban J connectivity index is 1.75. The normalized spacial score (nSPS) is 19.0. The monoisotopic (exact) mass is 260 g/mol. The van der Waals surface area contributed by atoms with Crippen LogP contribution in [0.5, 0.6) is 5.75 Å². The molecule has 0 bridgehead atoms. The SMILES string of the molecule is c1csc(-c2ncccc2OC[C@@H]2CCCN2)c1. The fourth-order valence-electron chi connectivity index (χ4n) is 2.19. The molecular formula is C14H16N2OS. The predicted octanol–water partition coefficient (Wildman–Crippen LogP) is 2.94. The Bertz CT molecular complexity index is 492. The summed E-state index contributed by atoms with van der Waals surface area (Å²) < 4.78 is 5.93. The fraction of sp³-hybridized carbons (Fsp3) is 0.357. The van der Waals surface area contributed by atoms with Gasteiger partial charge >= 0.3 is 0 Å². The van der Waals surface area contributed by atoms with Gasteiger partial charge in [0.2, 0.25) is 0 Å². The lowest BCUT2D eigenvalue weighted by Gasteiger charge is -2.13. The van der Waals surface area contributed by atoms with Crippen molar-refractivity contribution in [3.63, 3.8) is 0 Å². The molecule has 3 nitrogen and oxygen atoms in total. The number of aromatic nitrogens is 1. The molecule has 0 saturated carbocycles. The molecule has 18 heavy (non-hydrogen) atoms. The highest BCUT2D eigenvalue weighted by molar-refractivity contribution is 7.13. The molecule has 1 atom stereocenters. The molecule has 4 heteroatoms. The zero-order chi connectivity index (χ0) is 12.2. The number of rotatable bonds is 4. The average Bonchev–Trinajstić information content (AvgIpc) is 3.10. The lowest BCUT2D eigenvalue weighted by Crippen LogP contribution is -2.28. The molecule has 2 aromatic rings. The minimum absolute atomic E-state index is 0.487. The Hall–Kier alpha value is -1.39. The first-order valence-corrected chi connectivity index (χ1v) is 7.16. The van der Waals surface area contributed by atoms with Crippen molar-refractivity contribution in [1.82, 2.24) is 10.3 Å². The van der Waals surface area contributed by atoms with E-state index in [1.165, 1.54) is 12.8 Å². The van der Waals surface area contributed by atoms with Crippen LogP contribution in [0.3, 0.4) is 0 Å². The maximum absolute atomic E-state index is 5.93. The standard InChI is InChI=1S/C14H16N2OS/c1-4-11(15-7-1)10-17-12-5-2-8-16-14(12)13-6-3-9-18-13/h2-3,5-6,8-9,11,15H,1,4,7,10H2/t11-/m0/s1. The van der Waals surface area contributed by atoms with Crippen LogP contribution >= 0.6 is 11.3 Å². The highest BCUT2D eigenvalue weighted by atomic mass is 32.1. The summed E-state index contributed by atoms with van der Waals surface area (Å²) in [6, 6.07) is 8.53. The minimum atomic E-state index is 0.487. The fourth-order valence-corrected chi connectivity index (χ4v) is 2.92. The second-order valence-electron chi connectivity index (χ2n) is 4.43. The number of thiophene rings is 1. The predicted molar refractivity (Wildman–Crippen MR) is 74.1 cm³/mol. The van der Waals surface area contributed by atoms with Crippen LogP contribution < -0.4 is 10.1 Å². The summed E-state index contributed by atoms with van der Waals surface area (Å²) in [5.74, 6) is 0.883. The van der Waals surface area contributed by atoms with Gasteiger partial charge < -0.3 is 10.1 Å². The zero-order valence-corrected chi connectivity index (χ0v) is 11.0. The second kappa shape index (κ2) is 5.50. The highest BCUT2D eigenvalue weighted by Gasteiger charge is 2.16. The molecule has 0 spiro atoms. The van der Waals surface area contributed by atoms with Gasteiger partial charge in [-0.05, 0) is 43.0 Å². The molecule has 1 saturated heterocycles. The van der Waals surface area contributed by atoms with Crippen molar-refractivity contribution in [2.75, 3.05) is 13.2 Å². The van der Waals surface area contributed by atoms with E-state index >= 15 is 0 Å². The first kappa shape index (κ1) is 11.7. The minimum Gasteiger partial charge on any atom is -0.490 e. The maximum atomic E-state index is 5.93. The summed E-state index contributed by atoms with van der Waals surface area (Å²) in [4.78, 5) is 5.59. The third kappa shape index (κ3) is 2.54. The van der Waals surface area contributed by atoms with Crippen molar-refractivity contribution in [2.24, 2.45) is 0 Å². The van der Waals surface area contributed by atoms with Crippen LogP contribution in [-0.4, -0.2) is 24.2 Å². The molecule has 1 aliphatic rings. The van der Waals surface area contributed by atoms with Crippen LogP contribution in [0.4, 0.5) is 0 Å². The van der Waals surface area contributed by atoms with E-state index in [4.69, 9.17) is 4.74 Å². The van der Waals surface area contributed by atoms with Crippen LogP contribution in [0.1, 0.15) is 12.8 Å². The lowest BCUT2D eigenvalue weighted by molar-refractivity contribution is 0.277. The van der Waals surface area contributed by atoms with E-state index in [0.29, 0.717) is 6.04 Å². The van der Waals surface area contributed by atoms with E-state index in [1.807, 2.05) is 24.4 Å². The van der Waals surface area contributed by atoms with Gasteiger partial charge in [-0.3, -0.25) is 4.98 Å². The Labute approximate surface area is 111 Å². The molecule has 3 heterocycles. The molecule has 0 aliphatic carbocycles. The lowest BCUT2D eigenvalue weighted by atomic mass is 10.2. The van der Waals surface area contributed by atoms with Crippen LogP contribution in [0.2, 0.25) is 0 Å². The first-order chi connectivity index (χ1) is 8.93. The van der Waals surface area contributed by atoms with Gasteiger partial charge in [0, 0.05) is 12.2 Å². The third-order valence-corrected chi connectivity index (χ3v) is 4.00. The van der Waals surface area contributed by atoms with Crippen LogP contribution in [0.15, 0.2) is 35.8 Å². The van der Waals surface area contributed by atoms with E-state index in [-0.39, 0.29) is 0 Å². The Morgan fingerprint density at radius 2 is 2.39 bits per heavy atom. The molecular weight excluding hydrogens is 244 g/mol. The second-order valence-corrected chi connectivity index (χ2v) is 5.38. The number of nitrogens with one attached hydrogen (secondary N) is 1. The van der Waals surface area contributed by atoms with Gasteiger partial charge in [0.1, 0.15) is 18.1 Å². The van der Waals surface area contributed by atoms with Crippen molar-refractivity contribution in [2.45, 2.75) is 18.9 Å². The molecule has 0 aromatic carbocycles. The Kier molecular flexibility index (Phi) is 3.57.